The van der Waals surface area contributed by atoms with Gasteiger partial charge >= 0.3 is 206 Å². The zero-order chi connectivity index (χ0) is 25.2. The molecule has 22 heteroatoms. The Labute approximate surface area is 395 Å². The topological polar surface area (TPSA) is 229 Å². The first kappa shape index (κ1) is 46.0. The summed E-state index contributed by atoms with van der Waals surface area (Å²) >= 11 is 5.51. The van der Waals surface area contributed by atoms with Gasteiger partial charge in [-0.1, -0.05) is 31.9 Å². The summed E-state index contributed by atoms with van der Waals surface area (Å²) in [6.45, 7) is 1.89. The molecule has 0 radical (unpaired) electrons. The number of hydrogen-bond donors (Lipinski definition) is 0. The van der Waals surface area contributed by atoms with Gasteiger partial charge in [0.1, 0.15) is 40.5 Å². The molecular formula is C14H8Br2K4O12S4. The van der Waals surface area contributed by atoms with Crippen LogP contribution in [-0.2, 0) is 40.5 Å². The number of rotatable bonds is 5. The summed E-state index contributed by atoms with van der Waals surface area (Å²) in [5.74, 6) is 0. The van der Waals surface area contributed by atoms with E-state index in [4.69, 9.17) is 0 Å². The van der Waals surface area contributed by atoms with E-state index in [2.05, 4.69) is 31.9 Å². The van der Waals surface area contributed by atoms with E-state index in [1.54, 1.807) is 0 Å². The van der Waals surface area contributed by atoms with Crippen LogP contribution < -0.4 is 206 Å². The first-order valence-corrected chi connectivity index (χ1v) is 14.8. The van der Waals surface area contributed by atoms with Crippen LogP contribution in [0.15, 0.2) is 40.7 Å². The fourth-order valence-corrected chi connectivity index (χ4v) is 7.78. The molecule has 0 unspecified atom stereocenters. The largest absolute Gasteiger partial charge is 1.00 e. The maximum absolute atomic E-state index is 12.0. The van der Waals surface area contributed by atoms with Crippen molar-refractivity contribution in [3.05, 3.63) is 32.2 Å². The molecule has 0 atom stereocenters. The molecule has 0 aliphatic rings. The third-order valence-electron chi connectivity index (χ3n) is 4.15. The van der Waals surface area contributed by atoms with Gasteiger partial charge < -0.3 is 18.2 Å². The van der Waals surface area contributed by atoms with Crippen molar-refractivity contribution in [2.75, 3.05) is 0 Å². The molecule has 0 heterocycles. The van der Waals surface area contributed by atoms with E-state index < -0.39 is 91.3 Å². The second-order valence-electron chi connectivity index (χ2n) is 6.19. The van der Waals surface area contributed by atoms with E-state index in [0.29, 0.717) is 12.1 Å². The first-order chi connectivity index (χ1) is 14.1. The number of hydrogen-bond acceptors (Lipinski definition) is 12. The van der Waals surface area contributed by atoms with Gasteiger partial charge in [0.25, 0.3) is 0 Å². The average molecular weight is 813 g/mol. The van der Waals surface area contributed by atoms with Crippen LogP contribution in [0.1, 0.15) is 11.1 Å². The summed E-state index contributed by atoms with van der Waals surface area (Å²) in [5, 5.41) is 0. The van der Waals surface area contributed by atoms with Crippen molar-refractivity contribution in [1.29, 1.82) is 0 Å². The Kier molecular flexibility index (Phi) is 21.4. The van der Waals surface area contributed by atoms with Crippen molar-refractivity contribution in [1.82, 2.24) is 0 Å². The summed E-state index contributed by atoms with van der Waals surface area (Å²) in [6, 6.07) is 0.975. The zero-order valence-corrected chi connectivity index (χ0v) is 38.4. The molecule has 2 aromatic rings. The monoisotopic (exact) mass is 810 g/mol. The van der Waals surface area contributed by atoms with Gasteiger partial charge in [-0.05, 0) is 37.1 Å². The predicted molar refractivity (Wildman–Crippen MR) is 109 cm³/mol. The molecule has 0 saturated heterocycles. The molecule has 0 aliphatic carbocycles. The molecule has 0 aromatic heterocycles. The van der Waals surface area contributed by atoms with Crippen LogP contribution in [0, 0.1) is 13.8 Å². The molecule has 36 heavy (non-hydrogen) atoms. The second-order valence-corrected chi connectivity index (χ2v) is 13.2. The van der Waals surface area contributed by atoms with Crippen molar-refractivity contribution in [3.8, 4) is 11.1 Å². The van der Waals surface area contributed by atoms with Gasteiger partial charge in [0.2, 0.25) is 0 Å². The summed E-state index contributed by atoms with van der Waals surface area (Å²) in [7, 11) is -23.0. The Morgan fingerprint density at radius 1 is 0.528 bits per heavy atom. The number of halogens is 2. The van der Waals surface area contributed by atoms with Crippen LogP contribution in [0.3, 0.4) is 0 Å². The van der Waals surface area contributed by atoms with Gasteiger partial charge in [-0.25, -0.2) is 33.7 Å². The Morgan fingerprint density at radius 2 is 0.750 bits per heavy atom. The molecule has 0 N–H and O–H groups in total. The predicted octanol–water partition coefficient (Wildman–Crippen LogP) is -10.9. The molecule has 0 fully saturated rings. The van der Waals surface area contributed by atoms with Gasteiger partial charge in [0.05, 0.1) is 19.6 Å². The van der Waals surface area contributed by atoms with Crippen LogP contribution in [0.25, 0.3) is 11.1 Å². The van der Waals surface area contributed by atoms with Gasteiger partial charge in [0, 0.05) is 20.1 Å². The Morgan fingerprint density at radius 3 is 0.917 bits per heavy atom. The molecule has 178 valence electrons. The summed E-state index contributed by atoms with van der Waals surface area (Å²) in [5.41, 5.74) is -4.14. The minimum absolute atomic E-state index is 0. The Bertz CT molecular complexity index is 1490. The van der Waals surface area contributed by atoms with Crippen LogP contribution in [0.4, 0.5) is 0 Å². The average Bonchev–Trinajstić information content (AvgIpc) is 2.54. The van der Waals surface area contributed by atoms with Crippen molar-refractivity contribution < 1.29 is 257 Å². The molecular weight excluding hydrogens is 805 g/mol. The van der Waals surface area contributed by atoms with Crippen molar-refractivity contribution in [2.24, 2.45) is 0 Å². The van der Waals surface area contributed by atoms with Crippen LogP contribution in [-0.4, -0.2) is 51.9 Å². The third kappa shape index (κ3) is 10.9. The standard InChI is InChI=1S/C14H12Br2O12S4.4K/c1-5-7(15)3-9(29(17,18)19)11(13(5)31(23,24)25)12-10(30(20,21)22)4-8(16)6(2)14(12)32(26,27)28;;;;/h3-4H,1-2H3,(H,17,18,19)(H,20,21,22)(H,23,24,25)(H,26,27,28);;;;/q;4*+1/p-4. The second kappa shape index (κ2) is 16.8. The van der Waals surface area contributed by atoms with Crippen molar-refractivity contribution in [3.63, 3.8) is 0 Å². The van der Waals surface area contributed by atoms with Gasteiger partial charge in [0.15, 0.2) is 0 Å². The van der Waals surface area contributed by atoms with E-state index in [9.17, 15) is 51.9 Å². The van der Waals surface area contributed by atoms with Gasteiger partial charge in [-0.3, -0.25) is 0 Å². The van der Waals surface area contributed by atoms with Crippen molar-refractivity contribution >= 4 is 72.3 Å². The zero-order valence-electron chi connectivity index (χ0n) is 19.4. The molecule has 2 rings (SSSR count). The normalized spacial score (nSPS) is 11.9. The third-order valence-corrected chi connectivity index (χ3v) is 9.54. The van der Waals surface area contributed by atoms with E-state index >= 15 is 0 Å². The van der Waals surface area contributed by atoms with E-state index in [-0.39, 0.29) is 206 Å². The summed E-state index contributed by atoms with van der Waals surface area (Å²) in [6.07, 6.45) is 0. The smallest absolute Gasteiger partial charge is 0.744 e. The van der Waals surface area contributed by atoms with Crippen LogP contribution >= 0.6 is 31.9 Å². The molecule has 12 nitrogen and oxygen atoms in total. The minimum atomic E-state index is -5.75. The first-order valence-electron chi connectivity index (χ1n) is 7.60. The molecule has 0 amide bonds. The minimum Gasteiger partial charge on any atom is -0.744 e. The van der Waals surface area contributed by atoms with Crippen LogP contribution in [0.2, 0.25) is 0 Å². The molecule has 0 saturated carbocycles. The van der Waals surface area contributed by atoms with E-state index in [1.165, 1.54) is 0 Å². The SMILES string of the molecule is Cc1c(Br)cc(S(=O)(=O)[O-])c(-c2c(S(=O)(=O)[O-])cc(Br)c(C)c2S(=O)(=O)[O-])c1S(=O)(=O)[O-].[K+].[K+].[K+].[K+]. The fraction of sp³-hybridized carbons (Fsp3) is 0.143. The quantitative estimate of drug-likeness (QED) is 0.203. The Hall–Kier alpha value is 5.59. The van der Waals surface area contributed by atoms with Crippen molar-refractivity contribution in [2.45, 2.75) is 33.4 Å². The van der Waals surface area contributed by atoms with Gasteiger partial charge in [-0.2, -0.15) is 0 Å². The van der Waals surface area contributed by atoms with Gasteiger partial charge in [-0.15, -0.1) is 0 Å². The fourth-order valence-electron chi connectivity index (χ4n) is 2.90. The van der Waals surface area contributed by atoms with E-state index in [1.807, 2.05) is 0 Å². The molecule has 2 aromatic carbocycles. The molecule has 0 aliphatic heterocycles. The van der Waals surface area contributed by atoms with E-state index in [0.717, 1.165) is 13.8 Å². The molecule has 0 bridgehead atoms. The molecule has 0 spiro atoms. The maximum atomic E-state index is 12.0. The Balaban J connectivity index is -0.00000272. The maximum Gasteiger partial charge on any atom is 1.00 e. The number of benzene rings is 2. The summed E-state index contributed by atoms with van der Waals surface area (Å²) in [4.78, 5) is -6.14. The van der Waals surface area contributed by atoms with Crippen LogP contribution in [0.5, 0.6) is 0 Å². The summed E-state index contributed by atoms with van der Waals surface area (Å²) < 4.78 is 143.